The Balaban J connectivity index is 0.00000180. The molecule has 0 saturated heterocycles. The van der Waals surface area contributed by atoms with Crippen LogP contribution in [-0.2, 0) is 0 Å². The van der Waals surface area contributed by atoms with Crippen molar-refractivity contribution in [1.82, 2.24) is 0 Å². The summed E-state index contributed by atoms with van der Waals surface area (Å²) < 4.78 is 5.00. The molecule has 0 radical (unpaired) electrons. The van der Waals surface area contributed by atoms with Crippen molar-refractivity contribution >= 4 is 11.6 Å². The fraction of sp³-hybridized carbons (Fsp3) is 0.0667. The van der Waals surface area contributed by atoms with Gasteiger partial charge in [0.1, 0.15) is 5.75 Å². The maximum atomic E-state index is 12.0. The van der Waals surface area contributed by atoms with Crippen molar-refractivity contribution in [3.63, 3.8) is 0 Å². The maximum Gasteiger partial charge on any atom is 0.233 e. The first-order valence-corrected chi connectivity index (χ1v) is 5.50. The second-order valence-electron chi connectivity index (χ2n) is 3.75. The van der Waals surface area contributed by atoms with Crippen LogP contribution in [0.4, 0.5) is 0 Å². The summed E-state index contributed by atoms with van der Waals surface area (Å²) in [5.41, 5.74) is 0.767. The van der Waals surface area contributed by atoms with Gasteiger partial charge in [0.25, 0.3) is 0 Å². The molecule has 0 fully saturated rings. The molecule has 2 aromatic carbocycles. The third-order valence-corrected chi connectivity index (χ3v) is 2.59. The highest BCUT2D eigenvalue weighted by Crippen LogP contribution is 2.13. The van der Waals surface area contributed by atoms with Gasteiger partial charge in [-0.3, -0.25) is 9.59 Å². The standard InChI is InChI=1S/C15H12O3.ClH/c1-18-13-9-7-12(8-10-13)15(17)14(16)11-5-3-2-4-6-11;/h2-10H,1H3;1H/p-1. The van der Waals surface area contributed by atoms with Crippen LogP contribution in [0.3, 0.4) is 0 Å². The number of rotatable bonds is 4. The van der Waals surface area contributed by atoms with E-state index in [0.717, 1.165) is 0 Å². The summed E-state index contributed by atoms with van der Waals surface area (Å²) in [6, 6.07) is 15.0. The largest absolute Gasteiger partial charge is 1.00 e. The lowest BCUT2D eigenvalue weighted by molar-refractivity contribution is -0.0000153. The molecule has 0 aromatic heterocycles. The summed E-state index contributed by atoms with van der Waals surface area (Å²) in [5, 5.41) is 0. The minimum Gasteiger partial charge on any atom is -1.00 e. The molecule has 4 heteroatoms. The Morgan fingerprint density at radius 1 is 0.789 bits per heavy atom. The fourth-order valence-corrected chi connectivity index (χ4v) is 1.59. The lowest BCUT2D eigenvalue weighted by Gasteiger charge is -2.02. The first-order chi connectivity index (χ1) is 8.72. The van der Waals surface area contributed by atoms with Gasteiger partial charge < -0.3 is 17.1 Å². The molecule has 0 aliphatic carbocycles. The third-order valence-electron chi connectivity index (χ3n) is 2.59. The minimum atomic E-state index is -0.510. The molecule has 2 rings (SSSR count). The van der Waals surface area contributed by atoms with Gasteiger partial charge in [0.2, 0.25) is 11.6 Å². The molecule has 0 spiro atoms. The molecule has 0 aliphatic rings. The molecular formula is C15H12ClO3-. The highest BCUT2D eigenvalue weighted by molar-refractivity contribution is 6.49. The average Bonchev–Trinajstić information content (AvgIpc) is 2.47. The van der Waals surface area contributed by atoms with E-state index in [4.69, 9.17) is 4.74 Å². The van der Waals surface area contributed by atoms with Gasteiger partial charge in [-0.2, -0.15) is 0 Å². The smallest absolute Gasteiger partial charge is 0.233 e. The molecule has 0 aliphatic heterocycles. The number of benzene rings is 2. The summed E-state index contributed by atoms with van der Waals surface area (Å²) in [4.78, 5) is 23.9. The number of carbonyl (C=O) groups excluding carboxylic acids is 2. The second-order valence-corrected chi connectivity index (χ2v) is 3.75. The van der Waals surface area contributed by atoms with Crippen molar-refractivity contribution in [3.05, 3.63) is 65.7 Å². The van der Waals surface area contributed by atoms with Gasteiger partial charge in [-0.15, -0.1) is 0 Å². The molecule has 0 N–H and O–H groups in total. The zero-order valence-corrected chi connectivity index (χ0v) is 11.1. The molecule has 19 heavy (non-hydrogen) atoms. The summed E-state index contributed by atoms with van der Waals surface area (Å²) in [6.07, 6.45) is 0. The van der Waals surface area contributed by atoms with Crippen molar-refractivity contribution in [2.75, 3.05) is 7.11 Å². The Kier molecular flexibility index (Phi) is 5.27. The zero-order chi connectivity index (χ0) is 13.0. The van der Waals surface area contributed by atoms with E-state index < -0.39 is 11.6 Å². The number of halogens is 1. The van der Waals surface area contributed by atoms with Crippen molar-refractivity contribution in [3.8, 4) is 5.75 Å². The predicted octanol–water partition coefficient (Wildman–Crippen LogP) is -0.235. The summed E-state index contributed by atoms with van der Waals surface area (Å²) in [6.45, 7) is 0. The van der Waals surface area contributed by atoms with Gasteiger partial charge in [0, 0.05) is 11.1 Å². The normalized spacial score (nSPS) is 9.32. The van der Waals surface area contributed by atoms with Crippen molar-refractivity contribution in [2.24, 2.45) is 0 Å². The van der Waals surface area contributed by atoms with Crippen LogP contribution in [0.25, 0.3) is 0 Å². The van der Waals surface area contributed by atoms with Crippen LogP contribution >= 0.6 is 0 Å². The number of hydrogen-bond donors (Lipinski definition) is 0. The second kappa shape index (κ2) is 6.71. The number of ketones is 2. The van der Waals surface area contributed by atoms with E-state index in [0.29, 0.717) is 16.9 Å². The van der Waals surface area contributed by atoms with Crippen LogP contribution in [0, 0.1) is 0 Å². The summed E-state index contributed by atoms with van der Waals surface area (Å²) in [5.74, 6) is -0.358. The Bertz CT molecular complexity index is 562. The Labute approximate surface area is 117 Å². The van der Waals surface area contributed by atoms with Crippen LogP contribution in [0.15, 0.2) is 54.6 Å². The van der Waals surface area contributed by atoms with Crippen molar-refractivity contribution in [2.45, 2.75) is 0 Å². The van der Waals surface area contributed by atoms with Crippen molar-refractivity contribution < 1.29 is 26.7 Å². The van der Waals surface area contributed by atoms with E-state index in [-0.39, 0.29) is 12.4 Å². The Morgan fingerprint density at radius 3 is 1.74 bits per heavy atom. The lowest BCUT2D eigenvalue weighted by Crippen LogP contribution is -3.00. The third kappa shape index (κ3) is 3.42. The van der Waals surface area contributed by atoms with Gasteiger partial charge in [0.05, 0.1) is 7.11 Å². The van der Waals surface area contributed by atoms with E-state index in [1.54, 1.807) is 61.7 Å². The molecule has 0 heterocycles. The van der Waals surface area contributed by atoms with E-state index >= 15 is 0 Å². The molecule has 0 unspecified atom stereocenters. The minimum absolute atomic E-state index is 0. The van der Waals surface area contributed by atoms with E-state index in [1.807, 2.05) is 0 Å². The number of hydrogen-bond acceptors (Lipinski definition) is 3. The number of Topliss-reactive ketones (excluding diaryl/α,β-unsaturated/α-hetero) is 2. The van der Waals surface area contributed by atoms with E-state index in [1.165, 1.54) is 0 Å². The van der Waals surface area contributed by atoms with Crippen molar-refractivity contribution in [1.29, 1.82) is 0 Å². The number of carbonyl (C=O) groups is 2. The van der Waals surface area contributed by atoms with Gasteiger partial charge in [-0.1, -0.05) is 30.3 Å². The van der Waals surface area contributed by atoms with Gasteiger partial charge in [-0.05, 0) is 24.3 Å². The van der Waals surface area contributed by atoms with Gasteiger partial charge in [-0.25, -0.2) is 0 Å². The number of ether oxygens (including phenoxy) is 1. The lowest BCUT2D eigenvalue weighted by atomic mass is 10.0. The van der Waals surface area contributed by atoms with Crippen LogP contribution < -0.4 is 17.1 Å². The maximum absolute atomic E-state index is 12.0. The fourth-order valence-electron chi connectivity index (χ4n) is 1.59. The SMILES string of the molecule is COc1ccc(C(=O)C(=O)c2ccccc2)cc1.[Cl-]. The van der Waals surface area contributed by atoms with Gasteiger partial charge in [0.15, 0.2) is 0 Å². The van der Waals surface area contributed by atoms with Crippen LogP contribution in [0.5, 0.6) is 5.75 Å². The zero-order valence-electron chi connectivity index (χ0n) is 10.3. The first-order valence-electron chi connectivity index (χ1n) is 5.50. The van der Waals surface area contributed by atoms with Crippen LogP contribution in [0.1, 0.15) is 20.7 Å². The molecule has 0 saturated carbocycles. The van der Waals surface area contributed by atoms with E-state index in [2.05, 4.69) is 0 Å². The topological polar surface area (TPSA) is 43.4 Å². The van der Waals surface area contributed by atoms with E-state index in [9.17, 15) is 9.59 Å². The highest BCUT2D eigenvalue weighted by atomic mass is 35.5. The monoisotopic (exact) mass is 275 g/mol. The molecule has 0 bridgehead atoms. The average molecular weight is 276 g/mol. The molecule has 3 nitrogen and oxygen atoms in total. The van der Waals surface area contributed by atoms with Gasteiger partial charge >= 0.3 is 0 Å². The van der Waals surface area contributed by atoms with Crippen LogP contribution in [-0.4, -0.2) is 18.7 Å². The molecule has 2 aromatic rings. The summed E-state index contributed by atoms with van der Waals surface area (Å²) >= 11 is 0. The summed E-state index contributed by atoms with van der Waals surface area (Å²) in [7, 11) is 1.55. The quantitative estimate of drug-likeness (QED) is 0.572. The Hall–Kier alpha value is -2.13. The molecule has 0 amide bonds. The molecule has 98 valence electrons. The highest BCUT2D eigenvalue weighted by Gasteiger charge is 2.17. The molecular weight excluding hydrogens is 264 g/mol. The predicted molar refractivity (Wildman–Crippen MR) is 68.1 cm³/mol. The molecule has 0 atom stereocenters. The Morgan fingerprint density at radius 2 is 1.26 bits per heavy atom. The first kappa shape index (κ1) is 14.9. The number of methoxy groups -OCH3 is 1. The van der Waals surface area contributed by atoms with Crippen LogP contribution in [0.2, 0.25) is 0 Å².